The number of hydrogen-bond donors (Lipinski definition) is 1. The third-order valence-electron chi connectivity index (χ3n) is 2.43. The van der Waals surface area contributed by atoms with Gasteiger partial charge in [0.05, 0.1) is 5.69 Å². The molecular formula is C11H10ClFN2O2S2. The molecule has 19 heavy (non-hydrogen) atoms. The van der Waals surface area contributed by atoms with Crippen molar-refractivity contribution in [2.24, 2.45) is 0 Å². The van der Waals surface area contributed by atoms with Gasteiger partial charge in [-0.15, -0.1) is 11.3 Å². The lowest BCUT2D eigenvalue weighted by molar-refractivity contribution is 0.570. The molecular weight excluding hydrogens is 311 g/mol. The summed E-state index contributed by atoms with van der Waals surface area (Å²) in [6.45, 7) is 3.59. The number of rotatable bonds is 3. The Kier molecular flexibility index (Phi) is 3.80. The molecule has 1 aromatic heterocycles. The highest BCUT2D eigenvalue weighted by Crippen LogP contribution is 2.26. The van der Waals surface area contributed by atoms with E-state index in [1.54, 1.807) is 6.92 Å². The fraction of sp³-hybridized carbons (Fsp3) is 0.182. The second-order valence-corrected chi connectivity index (χ2v) is 7.13. The van der Waals surface area contributed by atoms with Crippen molar-refractivity contribution in [2.75, 3.05) is 4.72 Å². The van der Waals surface area contributed by atoms with Crippen molar-refractivity contribution in [1.82, 2.24) is 4.98 Å². The third-order valence-corrected chi connectivity index (χ3v) is 5.14. The summed E-state index contributed by atoms with van der Waals surface area (Å²) in [6.07, 6.45) is 0. The van der Waals surface area contributed by atoms with Gasteiger partial charge in [0.1, 0.15) is 10.7 Å². The van der Waals surface area contributed by atoms with Crippen LogP contribution in [0.15, 0.2) is 23.1 Å². The monoisotopic (exact) mass is 320 g/mol. The van der Waals surface area contributed by atoms with Crippen LogP contribution >= 0.6 is 22.9 Å². The maximum absolute atomic E-state index is 13.6. The molecule has 0 amide bonds. The van der Waals surface area contributed by atoms with Gasteiger partial charge in [-0.1, -0.05) is 11.6 Å². The molecule has 1 heterocycles. The van der Waals surface area contributed by atoms with Gasteiger partial charge in [0, 0.05) is 9.90 Å². The highest BCUT2D eigenvalue weighted by atomic mass is 35.5. The molecule has 0 unspecified atom stereocenters. The number of aromatic nitrogens is 1. The molecule has 0 saturated heterocycles. The van der Waals surface area contributed by atoms with E-state index >= 15 is 0 Å². The van der Waals surface area contributed by atoms with Crippen molar-refractivity contribution >= 4 is 38.1 Å². The van der Waals surface area contributed by atoms with Crippen LogP contribution in [0, 0.1) is 19.7 Å². The maximum atomic E-state index is 13.6. The molecule has 0 fully saturated rings. The molecule has 102 valence electrons. The summed E-state index contributed by atoms with van der Waals surface area (Å²) in [7, 11) is -4.03. The third kappa shape index (κ3) is 3.05. The second kappa shape index (κ2) is 5.07. The smallest absolute Gasteiger partial charge is 0.255 e. The minimum Gasteiger partial charge on any atom is -0.255 e. The van der Waals surface area contributed by atoms with Crippen molar-refractivity contribution in [2.45, 2.75) is 18.7 Å². The molecule has 8 heteroatoms. The van der Waals surface area contributed by atoms with E-state index in [4.69, 9.17) is 11.6 Å². The molecule has 0 radical (unpaired) electrons. The number of sulfonamides is 1. The number of nitrogens with one attached hydrogen (secondary N) is 1. The zero-order valence-corrected chi connectivity index (χ0v) is 12.5. The van der Waals surface area contributed by atoms with E-state index in [2.05, 4.69) is 9.71 Å². The Morgan fingerprint density at radius 3 is 2.63 bits per heavy atom. The minimum absolute atomic E-state index is 0.147. The SMILES string of the molecule is Cc1nc(NS(=O)(=O)c2cc(Cl)ccc2F)sc1C. The number of hydrogen-bond acceptors (Lipinski definition) is 4. The van der Waals surface area contributed by atoms with Crippen LogP contribution in [0.2, 0.25) is 5.02 Å². The molecule has 0 spiro atoms. The molecule has 1 aromatic carbocycles. The Labute approximate surface area is 119 Å². The highest BCUT2D eigenvalue weighted by Gasteiger charge is 2.21. The van der Waals surface area contributed by atoms with Gasteiger partial charge in [-0.2, -0.15) is 0 Å². The number of thiazole rings is 1. The first-order valence-electron chi connectivity index (χ1n) is 5.21. The summed E-state index contributed by atoms with van der Waals surface area (Å²) in [5.41, 5.74) is 0.731. The van der Waals surface area contributed by atoms with Gasteiger partial charge in [0.15, 0.2) is 5.13 Å². The van der Waals surface area contributed by atoms with Crippen LogP contribution < -0.4 is 4.72 Å². The number of halogens is 2. The van der Waals surface area contributed by atoms with Gasteiger partial charge in [-0.05, 0) is 32.0 Å². The van der Waals surface area contributed by atoms with Gasteiger partial charge in [0.25, 0.3) is 10.0 Å². The molecule has 1 N–H and O–H groups in total. The lowest BCUT2D eigenvalue weighted by atomic mass is 10.3. The van der Waals surface area contributed by atoms with Crippen molar-refractivity contribution in [1.29, 1.82) is 0 Å². The zero-order valence-electron chi connectivity index (χ0n) is 10.1. The van der Waals surface area contributed by atoms with E-state index in [0.717, 1.165) is 22.7 Å². The van der Waals surface area contributed by atoms with Crippen LogP contribution in [0.3, 0.4) is 0 Å². The number of nitrogens with zero attached hydrogens (tertiary/aromatic N) is 1. The van der Waals surface area contributed by atoms with Crippen molar-refractivity contribution in [3.8, 4) is 0 Å². The highest BCUT2D eigenvalue weighted by molar-refractivity contribution is 7.93. The van der Waals surface area contributed by atoms with E-state index in [-0.39, 0.29) is 10.2 Å². The topological polar surface area (TPSA) is 59.1 Å². The molecule has 0 aliphatic rings. The molecule has 0 aliphatic heterocycles. The number of benzene rings is 1. The van der Waals surface area contributed by atoms with Gasteiger partial charge >= 0.3 is 0 Å². The van der Waals surface area contributed by atoms with E-state index < -0.39 is 20.7 Å². The summed E-state index contributed by atoms with van der Waals surface area (Å²) < 4.78 is 39.9. The second-order valence-electron chi connectivity index (χ2n) is 3.84. The Hall–Kier alpha value is -1.18. The van der Waals surface area contributed by atoms with Crippen LogP contribution in [0.1, 0.15) is 10.6 Å². The Morgan fingerprint density at radius 2 is 2.05 bits per heavy atom. The van der Waals surface area contributed by atoms with Crippen molar-refractivity contribution in [3.63, 3.8) is 0 Å². The summed E-state index contributed by atoms with van der Waals surface area (Å²) >= 11 is 6.87. The largest absolute Gasteiger partial charge is 0.266 e. The predicted octanol–water partition coefficient (Wildman–Crippen LogP) is 3.35. The van der Waals surface area contributed by atoms with Crippen LogP contribution in [-0.2, 0) is 10.0 Å². The summed E-state index contributed by atoms with van der Waals surface area (Å²) in [5.74, 6) is -0.859. The summed E-state index contributed by atoms with van der Waals surface area (Å²) in [5, 5.41) is 0.350. The molecule has 0 aliphatic carbocycles. The molecule has 0 bridgehead atoms. The zero-order chi connectivity index (χ0) is 14.2. The Bertz CT molecular complexity index is 709. The average Bonchev–Trinajstić information content (AvgIpc) is 2.60. The lowest BCUT2D eigenvalue weighted by Gasteiger charge is -2.06. The van der Waals surface area contributed by atoms with Crippen LogP contribution in [0.4, 0.5) is 9.52 Å². The van der Waals surface area contributed by atoms with Gasteiger partial charge in [-0.25, -0.2) is 17.8 Å². The summed E-state index contributed by atoms with van der Waals surface area (Å²) in [6, 6.07) is 3.36. The molecule has 4 nitrogen and oxygen atoms in total. The van der Waals surface area contributed by atoms with Crippen molar-refractivity contribution < 1.29 is 12.8 Å². The Morgan fingerprint density at radius 1 is 1.37 bits per heavy atom. The molecule has 0 atom stereocenters. The normalized spacial score (nSPS) is 11.6. The van der Waals surface area contributed by atoms with E-state index in [0.29, 0.717) is 0 Å². The first-order chi connectivity index (χ1) is 8.79. The maximum Gasteiger partial charge on any atom is 0.266 e. The first kappa shape index (κ1) is 14.2. The summed E-state index contributed by atoms with van der Waals surface area (Å²) in [4.78, 5) is 4.44. The van der Waals surface area contributed by atoms with E-state index in [1.807, 2.05) is 6.92 Å². The van der Waals surface area contributed by atoms with E-state index in [1.165, 1.54) is 17.4 Å². The van der Waals surface area contributed by atoms with Gasteiger partial charge in [0.2, 0.25) is 0 Å². The lowest BCUT2D eigenvalue weighted by Crippen LogP contribution is -2.14. The standard InChI is InChI=1S/C11H10ClFN2O2S2/c1-6-7(2)18-11(14-6)15-19(16,17)10-5-8(12)3-4-9(10)13/h3-5H,1-2H3,(H,14,15). The fourth-order valence-electron chi connectivity index (χ4n) is 1.37. The van der Waals surface area contributed by atoms with Crippen molar-refractivity contribution in [3.05, 3.63) is 39.6 Å². The molecule has 0 saturated carbocycles. The van der Waals surface area contributed by atoms with Gasteiger partial charge < -0.3 is 0 Å². The van der Waals surface area contributed by atoms with Crippen LogP contribution in [0.5, 0.6) is 0 Å². The van der Waals surface area contributed by atoms with E-state index in [9.17, 15) is 12.8 Å². The average molecular weight is 321 g/mol. The first-order valence-corrected chi connectivity index (χ1v) is 7.89. The number of aryl methyl sites for hydroxylation is 2. The number of anilines is 1. The van der Waals surface area contributed by atoms with Crippen LogP contribution in [-0.4, -0.2) is 13.4 Å². The molecule has 2 rings (SSSR count). The fourth-order valence-corrected chi connectivity index (χ4v) is 3.76. The van der Waals surface area contributed by atoms with Crippen LogP contribution in [0.25, 0.3) is 0 Å². The predicted molar refractivity (Wildman–Crippen MR) is 73.8 cm³/mol. The quantitative estimate of drug-likeness (QED) is 0.943. The molecule has 2 aromatic rings. The minimum atomic E-state index is -4.03. The Balaban J connectivity index is 2.40. The van der Waals surface area contributed by atoms with Gasteiger partial charge in [-0.3, -0.25) is 4.72 Å².